The van der Waals surface area contributed by atoms with Crippen molar-refractivity contribution in [3.05, 3.63) is 60.2 Å². The summed E-state index contributed by atoms with van der Waals surface area (Å²) >= 11 is 0. The molecule has 2 aliphatic rings. The van der Waals surface area contributed by atoms with Gasteiger partial charge in [-0.05, 0) is 94.7 Å². The molecule has 2 heterocycles. The van der Waals surface area contributed by atoms with Gasteiger partial charge in [-0.2, -0.15) is 0 Å². The number of para-hydroxylation sites is 1. The molecular weight excluding hydrogens is 412 g/mol. The van der Waals surface area contributed by atoms with Crippen LogP contribution >= 0.6 is 0 Å². The van der Waals surface area contributed by atoms with Crippen molar-refractivity contribution in [3.63, 3.8) is 0 Å². The van der Waals surface area contributed by atoms with Crippen molar-refractivity contribution in [1.29, 1.82) is 0 Å². The maximum absolute atomic E-state index is 12.4. The number of nitrogens with zero attached hydrogens (tertiary/aromatic N) is 2. The highest BCUT2D eigenvalue weighted by Crippen LogP contribution is 2.22. The van der Waals surface area contributed by atoms with Crippen molar-refractivity contribution in [2.75, 3.05) is 45.9 Å². The van der Waals surface area contributed by atoms with Crippen LogP contribution in [0.4, 0.5) is 0 Å². The number of carbonyl (C=O) groups excluding carboxylic acids is 1. The Morgan fingerprint density at radius 2 is 1.52 bits per heavy atom. The smallest absolute Gasteiger partial charge is 0.162 e. The molecule has 0 spiro atoms. The van der Waals surface area contributed by atoms with Gasteiger partial charge in [0.2, 0.25) is 0 Å². The molecule has 0 amide bonds. The van der Waals surface area contributed by atoms with Gasteiger partial charge in [0.05, 0.1) is 6.61 Å². The normalized spacial score (nSPS) is 18.3. The molecule has 2 saturated heterocycles. The number of piperidine rings is 2. The zero-order valence-electron chi connectivity index (χ0n) is 19.8. The highest BCUT2D eigenvalue weighted by molar-refractivity contribution is 5.96. The zero-order valence-corrected chi connectivity index (χ0v) is 19.8. The summed E-state index contributed by atoms with van der Waals surface area (Å²) in [5, 5.41) is 0. The third kappa shape index (κ3) is 7.66. The molecule has 0 atom stereocenters. The standard InChI is InChI=1S/C28H38N2O3/c31-28(24-11-13-27(14-12-24)33-26-8-3-1-4-9-26)10-7-22-32-23-21-29-19-15-25(16-20-29)30-17-5-2-6-18-30/h1,3-4,8-9,11-14,25H,2,5-7,10,15-23H2. The van der Waals surface area contributed by atoms with Gasteiger partial charge < -0.3 is 19.3 Å². The monoisotopic (exact) mass is 450 g/mol. The van der Waals surface area contributed by atoms with Gasteiger partial charge in [-0.3, -0.25) is 4.79 Å². The fraction of sp³-hybridized carbons (Fsp3) is 0.536. The van der Waals surface area contributed by atoms with Crippen LogP contribution < -0.4 is 4.74 Å². The number of hydrogen-bond donors (Lipinski definition) is 0. The first-order valence-corrected chi connectivity index (χ1v) is 12.7. The lowest BCUT2D eigenvalue weighted by Crippen LogP contribution is -2.47. The van der Waals surface area contributed by atoms with E-state index in [1.807, 2.05) is 54.6 Å². The van der Waals surface area contributed by atoms with Crippen LogP contribution in [0, 0.1) is 0 Å². The fourth-order valence-electron chi connectivity index (χ4n) is 4.90. The Labute approximate surface area is 198 Å². The van der Waals surface area contributed by atoms with E-state index in [-0.39, 0.29) is 5.78 Å². The lowest BCUT2D eigenvalue weighted by Gasteiger charge is -2.40. The van der Waals surface area contributed by atoms with E-state index >= 15 is 0 Å². The number of benzene rings is 2. The van der Waals surface area contributed by atoms with Gasteiger partial charge in [0.1, 0.15) is 11.5 Å². The number of ether oxygens (including phenoxy) is 2. The predicted octanol–water partition coefficient (Wildman–Crippen LogP) is 5.41. The molecule has 33 heavy (non-hydrogen) atoms. The average molecular weight is 451 g/mol. The highest BCUT2D eigenvalue weighted by Gasteiger charge is 2.25. The molecule has 178 valence electrons. The number of ketones is 1. The number of hydrogen-bond acceptors (Lipinski definition) is 5. The van der Waals surface area contributed by atoms with E-state index in [1.54, 1.807) is 0 Å². The second-order valence-corrected chi connectivity index (χ2v) is 9.25. The Kier molecular flexibility index (Phi) is 9.34. The van der Waals surface area contributed by atoms with Crippen molar-refractivity contribution in [3.8, 4) is 11.5 Å². The van der Waals surface area contributed by atoms with Crippen LogP contribution in [-0.2, 0) is 4.74 Å². The van der Waals surface area contributed by atoms with E-state index in [2.05, 4.69) is 9.80 Å². The van der Waals surface area contributed by atoms with Crippen LogP contribution in [0.2, 0.25) is 0 Å². The summed E-state index contributed by atoms with van der Waals surface area (Å²) in [5.74, 6) is 1.69. The molecule has 5 nitrogen and oxygen atoms in total. The Hall–Kier alpha value is -2.21. The van der Waals surface area contributed by atoms with E-state index < -0.39 is 0 Å². The minimum absolute atomic E-state index is 0.157. The summed E-state index contributed by atoms with van der Waals surface area (Å²) in [6.07, 6.45) is 8.04. The van der Waals surface area contributed by atoms with Crippen molar-refractivity contribution in [2.45, 2.75) is 51.0 Å². The van der Waals surface area contributed by atoms with Gasteiger partial charge in [0.25, 0.3) is 0 Å². The molecule has 0 N–H and O–H groups in total. The molecule has 0 unspecified atom stereocenters. The molecule has 0 aliphatic carbocycles. The maximum atomic E-state index is 12.4. The predicted molar refractivity (Wildman–Crippen MR) is 132 cm³/mol. The van der Waals surface area contributed by atoms with Crippen molar-refractivity contribution in [2.24, 2.45) is 0 Å². The molecule has 0 aromatic heterocycles. The summed E-state index contributed by atoms with van der Waals surface area (Å²) in [6, 6.07) is 17.8. The van der Waals surface area contributed by atoms with E-state index in [0.717, 1.165) is 42.7 Å². The largest absolute Gasteiger partial charge is 0.457 e. The quantitative estimate of drug-likeness (QED) is 0.338. The van der Waals surface area contributed by atoms with Gasteiger partial charge in [0.15, 0.2) is 5.78 Å². The first-order chi connectivity index (χ1) is 16.3. The maximum Gasteiger partial charge on any atom is 0.162 e. The molecule has 0 bridgehead atoms. The number of rotatable bonds is 11. The first kappa shape index (κ1) is 23.9. The van der Waals surface area contributed by atoms with Crippen LogP contribution in [0.25, 0.3) is 0 Å². The second-order valence-electron chi connectivity index (χ2n) is 9.25. The van der Waals surface area contributed by atoms with Crippen molar-refractivity contribution < 1.29 is 14.3 Å². The molecule has 2 fully saturated rings. The van der Waals surface area contributed by atoms with Gasteiger partial charge in [-0.15, -0.1) is 0 Å². The van der Waals surface area contributed by atoms with Crippen molar-refractivity contribution in [1.82, 2.24) is 9.80 Å². The summed E-state index contributed by atoms with van der Waals surface area (Å²) in [7, 11) is 0. The average Bonchev–Trinajstić information content (AvgIpc) is 2.88. The van der Waals surface area contributed by atoms with Gasteiger partial charge in [0, 0.05) is 31.2 Å². The molecule has 2 aromatic carbocycles. The summed E-state index contributed by atoms with van der Waals surface area (Å²) in [5.41, 5.74) is 0.729. The number of carbonyl (C=O) groups is 1. The van der Waals surface area contributed by atoms with Crippen LogP contribution in [-0.4, -0.2) is 67.6 Å². The van der Waals surface area contributed by atoms with E-state index in [9.17, 15) is 4.79 Å². The topological polar surface area (TPSA) is 42.0 Å². The van der Waals surface area contributed by atoms with E-state index in [4.69, 9.17) is 9.47 Å². The van der Waals surface area contributed by atoms with Gasteiger partial charge >= 0.3 is 0 Å². The Morgan fingerprint density at radius 3 is 2.24 bits per heavy atom. The SMILES string of the molecule is O=C(CCCOCCN1CCC(N2CCCCC2)CC1)c1ccc(Oc2ccccc2)cc1. The van der Waals surface area contributed by atoms with Crippen LogP contribution in [0.15, 0.2) is 54.6 Å². The van der Waals surface area contributed by atoms with Crippen molar-refractivity contribution >= 4 is 5.78 Å². The fourth-order valence-corrected chi connectivity index (χ4v) is 4.90. The minimum atomic E-state index is 0.157. The molecular formula is C28H38N2O3. The third-order valence-corrected chi connectivity index (χ3v) is 6.86. The third-order valence-electron chi connectivity index (χ3n) is 6.86. The summed E-state index contributed by atoms with van der Waals surface area (Å²) in [4.78, 5) is 17.7. The Morgan fingerprint density at radius 1 is 0.818 bits per heavy atom. The zero-order chi connectivity index (χ0) is 22.7. The molecule has 5 heteroatoms. The lowest BCUT2D eigenvalue weighted by molar-refractivity contribution is 0.0625. The molecule has 0 radical (unpaired) electrons. The van der Waals surface area contributed by atoms with Gasteiger partial charge in [-0.1, -0.05) is 24.6 Å². The second kappa shape index (κ2) is 12.9. The highest BCUT2D eigenvalue weighted by atomic mass is 16.5. The number of Topliss-reactive ketones (excluding diaryl/α,β-unsaturated/α-hetero) is 1. The van der Waals surface area contributed by atoms with Crippen LogP contribution in [0.3, 0.4) is 0 Å². The van der Waals surface area contributed by atoms with E-state index in [0.29, 0.717) is 13.0 Å². The van der Waals surface area contributed by atoms with Crippen LogP contribution in [0.5, 0.6) is 11.5 Å². The minimum Gasteiger partial charge on any atom is -0.457 e. The summed E-state index contributed by atoms with van der Waals surface area (Å²) < 4.78 is 11.6. The molecule has 2 aromatic rings. The number of likely N-dealkylation sites (tertiary alicyclic amines) is 2. The van der Waals surface area contributed by atoms with Crippen LogP contribution in [0.1, 0.15) is 55.3 Å². The Balaban J connectivity index is 1.06. The molecule has 0 saturated carbocycles. The van der Waals surface area contributed by atoms with Gasteiger partial charge in [-0.25, -0.2) is 0 Å². The van der Waals surface area contributed by atoms with E-state index in [1.165, 1.54) is 58.3 Å². The lowest BCUT2D eigenvalue weighted by atomic mass is 10.00. The summed E-state index contributed by atoms with van der Waals surface area (Å²) in [6.45, 7) is 7.39. The Bertz CT molecular complexity index is 826. The molecule has 4 rings (SSSR count). The molecule has 2 aliphatic heterocycles. The first-order valence-electron chi connectivity index (χ1n) is 12.7.